The molecule has 1 aromatic heterocycles. The molecule has 0 spiro atoms. The second kappa shape index (κ2) is 7.54. The number of hydrogen-bond acceptors (Lipinski definition) is 5. The summed E-state index contributed by atoms with van der Waals surface area (Å²) in [6, 6.07) is 10.5. The number of methoxy groups -OCH3 is 1. The average Bonchev–Trinajstić information content (AvgIpc) is 3.05. The van der Waals surface area contributed by atoms with E-state index < -0.39 is 0 Å². The van der Waals surface area contributed by atoms with Crippen LogP contribution in [0, 0.1) is 0 Å². The van der Waals surface area contributed by atoms with Crippen molar-refractivity contribution in [2.24, 2.45) is 0 Å². The lowest BCUT2D eigenvalue weighted by Crippen LogP contribution is -2.13. The van der Waals surface area contributed by atoms with Crippen molar-refractivity contribution in [2.45, 2.75) is 46.1 Å². The normalized spacial score (nSPS) is 11.7. The summed E-state index contributed by atoms with van der Waals surface area (Å²) >= 11 is 0. The lowest BCUT2D eigenvalue weighted by molar-refractivity contribution is 0.102. The number of benzene rings is 2. The molecule has 6 heteroatoms. The van der Waals surface area contributed by atoms with E-state index in [1.807, 2.05) is 40.7 Å². The van der Waals surface area contributed by atoms with Crippen molar-refractivity contribution in [3.63, 3.8) is 0 Å². The van der Waals surface area contributed by atoms with Crippen LogP contribution in [0.2, 0.25) is 0 Å². The van der Waals surface area contributed by atoms with Gasteiger partial charge in [0.25, 0.3) is 5.91 Å². The van der Waals surface area contributed by atoms with Crippen molar-refractivity contribution in [2.75, 3.05) is 12.4 Å². The molecule has 3 aromatic rings. The number of ether oxygens (including phenoxy) is 2. The number of nitrogens with one attached hydrogen (secondary N) is 1. The lowest BCUT2D eigenvalue weighted by atomic mass is 9.97. The van der Waals surface area contributed by atoms with Gasteiger partial charge in [0.15, 0.2) is 17.1 Å². The molecule has 1 N–H and O–H groups in total. The quantitative estimate of drug-likeness (QED) is 0.659. The third kappa shape index (κ3) is 4.27. The lowest BCUT2D eigenvalue weighted by Gasteiger charge is -2.14. The second-order valence-corrected chi connectivity index (χ2v) is 7.94. The molecule has 148 valence electrons. The van der Waals surface area contributed by atoms with E-state index >= 15 is 0 Å². The van der Waals surface area contributed by atoms with Gasteiger partial charge in [0.2, 0.25) is 5.89 Å². The van der Waals surface area contributed by atoms with Crippen LogP contribution in [0.1, 0.15) is 50.9 Å². The Morgan fingerprint density at radius 1 is 1.11 bits per heavy atom. The van der Waals surface area contributed by atoms with E-state index in [1.165, 1.54) is 0 Å². The summed E-state index contributed by atoms with van der Waals surface area (Å²) in [6.45, 7) is 10.00. The number of hydrogen-bond donors (Lipinski definition) is 1. The molecule has 0 unspecified atom stereocenters. The molecule has 1 amide bonds. The van der Waals surface area contributed by atoms with E-state index in [4.69, 9.17) is 13.9 Å². The van der Waals surface area contributed by atoms with Crippen molar-refractivity contribution in [1.29, 1.82) is 0 Å². The number of amides is 1. The Hall–Kier alpha value is -3.02. The number of anilines is 1. The van der Waals surface area contributed by atoms with Gasteiger partial charge in [-0.2, -0.15) is 0 Å². The van der Waals surface area contributed by atoms with Gasteiger partial charge in [-0.05, 0) is 50.2 Å². The molecule has 28 heavy (non-hydrogen) atoms. The summed E-state index contributed by atoms with van der Waals surface area (Å²) in [6.07, 6.45) is 0.0146. The van der Waals surface area contributed by atoms with Gasteiger partial charge in [-0.1, -0.05) is 20.8 Å². The smallest absolute Gasteiger partial charge is 0.255 e. The van der Waals surface area contributed by atoms with Crippen LogP contribution in [0.3, 0.4) is 0 Å². The van der Waals surface area contributed by atoms with Crippen LogP contribution in [0.25, 0.3) is 11.1 Å². The Balaban J connectivity index is 1.82. The zero-order valence-corrected chi connectivity index (χ0v) is 17.1. The molecule has 1 heterocycles. The van der Waals surface area contributed by atoms with Crippen LogP contribution in [-0.2, 0) is 5.41 Å². The first-order chi connectivity index (χ1) is 13.2. The van der Waals surface area contributed by atoms with Gasteiger partial charge in [0.1, 0.15) is 5.52 Å². The van der Waals surface area contributed by atoms with Crippen LogP contribution in [0.15, 0.2) is 40.8 Å². The second-order valence-electron chi connectivity index (χ2n) is 7.94. The Kier molecular flexibility index (Phi) is 5.31. The van der Waals surface area contributed by atoms with Crippen molar-refractivity contribution in [3.8, 4) is 11.5 Å². The summed E-state index contributed by atoms with van der Waals surface area (Å²) < 4.78 is 16.8. The van der Waals surface area contributed by atoms with E-state index in [-0.39, 0.29) is 17.4 Å². The molecule has 0 saturated heterocycles. The van der Waals surface area contributed by atoms with Gasteiger partial charge < -0.3 is 19.2 Å². The highest BCUT2D eigenvalue weighted by atomic mass is 16.5. The number of carbonyl (C=O) groups excluding carboxylic acids is 1. The van der Waals surface area contributed by atoms with Crippen LogP contribution < -0.4 is 14.8 Å². The van der Waals surface area contributed by atoms with Gasteiger partial charge >= 0.3 is 0 Å². The molecule has 2 aromatic carbocycles. The molecular weight excluding hydrogens is 356 g/mol. The maximum Gasteiger partial charge on any atom is 0.255 e. The number of nitrogens with zero attached hydrogens (tertiary/aromatic N) is 1. The summed E-state index contributed by atoms with van der Waals surface area (Å²) in [5, 5.41) is 2.89. The number of aromatic nitrogens is 1. The first-order valence-corrected chi connectivity index (χ1v) is 9.24. The Morgan fingerprint density at radius 2 is 1.86 bits per heavy atom. The minimum atomic E-state index is -0.242. The van der Waals surface area contributed by atoms with Gasteiger partial charge in [-0.3, -0.25) is 4.79 Å². The predicted octanol–water partition coefficient (Wildman–Crippen LogP) is 5.17. The zero-order valence-electron chi connectivity index (χ0n) is 17.1. The number of oxazole rings is 1. The maximum atomic E-state index is 12.7. The molecular formula is C22H26N2O4. The first-order valence-electron chi connectivity index (χ1n) is 9.24. The molecule has 0 aliphatic heterocycles. The molecule has 0 atom stereocenters. The van der Waals surface area contributed by atoms with E-state index in [1.54, 1.807) is 37.4 Å². The summed E-state index contributed by atoms with van der Waals surface area (Å²) in [7, 11) is 1.55. The van der Waals surface area contributed by atoms with Gasteiger partial charge in [-0.25, -0.2) is 4.98 Å². The molecule has 3 rings (SSSR count). The average molecular weight is 382 g/mol. The summed E-state index contributed by atoms with van der Waals surface area (Å²) in [4.78, 5) is 17.2. The molecule has 6 nitrogen and oxygen atoms in total. The Bertz CT molecular complexity index is 999. The number of carbonyl (C=O) groups is 1. The van der Waals surface area contributed by atoms with Crippen LogP contribution in [0.5, 0.6) is 11.5 Å². The molecule has 0 aliphatic carbocycles. The minimum absolute atomic E-state index is 0.0146. The van der Waals surface area contributed by atoms with Crippen molar-refractivity contribution in [3.05, 3.63) is 47.9 Å². The van der Waals surface area contributed by atoms with Crippen molar-refractivity contribution < 1.29 is 18.7 Å². The fourth-order valence-electron chi connectivity index (χ4n) is 2.69. The monoisotopic (exact) mass is 382 g/mol. The highest BCUT2D eigenvalue weighted by Crippen LogP contribution is 2.30. The third-order valence-corrected chi connectivity index (χ3v) is 4.08. The summed E-state index contributed by atoms with van der Waals surface area (Å²) in [5.41, 5.74) is 2.34. The Morgan fingerprint density at radius 3 is 2.50 bits per heavy atom. The fraction of sp³-hybridized carbons (Fsp3) is 0.364. The van der Waals surface area contributed by atoms with Gasteiger partial charge in [0.05, 0.1) is 13.2 Å². The van der Waals surface area contributed by atoms with Gasteiger partial charge in [-0.15, -0.1) is 0 Å². The van der Waals surface area contributed by atoms with E-state index in [9.17, 15) is 4.79 Å². The molecule has 0 radical (unpaired) electrons. The molecule has 0 bridgehead atoms. The first kappa shape index (κ1) is 19.7. The number of fused-ring (bicyclic) bond motifs is 1. The zero-order chi connectivity index (χ0) is 20.5. The SMILES string of the molecule is COc1cc(C(=O)Nc2ccc3oc(C(C)(C)C)nc3c2)ccc1OC(C)C. The topological polar surface area (TPSA) is 73.6 Å². The largest absolute Gasteiger partial charge is 0.493 e. The van der Waals surface area contributed by atoms with Crippen molar-refractivity contribution in [1.82, 2.24) is 4.98 Å². The fourth-order valence-corrected chi connectivity index (χ4v) is 2.69. The minimum Gasteiger partial charge on any atom is -0.493 e. The van der Waals surface area contributed by atoms with E-state index in [0.29, 0.717) is 39.7 Å². The maximum absolute atomic E-state index is 12.7. The molecule has 0 saturated carbocycles. The van der Waals surface area contributed by atoms with Crippen molar-refractivity contribution >= 4 is 22.7 Å². The predicted molar refractivity (Wildman–Crippen MR) is 109 cm³/mol. The highest BCUT2D eigenvalue weighted by molar-refractivity contribution is 6.05. The van der Waals surface area contributed by atoms with E-state index in [0.717, 1.165) is 0 Å². The van der Waals surface area contributed by atoms with E-state index in [2.05, 4.69) is 10.3 Å². The summed E-state index contributed by atoms with van der Waals surface area (Å²) in [5.74, 6) is 1.54. The molecule has 0 fully saturated rings. The third-order valence-electron chi connectivity index (χ3n) is 4.08. The number of rotatable bonds is 5. The van der Waals surface area contributed by atoms with Crippen LogP contribution >= 0.6 is 0 Å². The Labute approximate surface area is 164 Å². The molecule has 0 aliphatic rings. The van der Waals surface area contributed by atoms with Crippen LogP contribution in [0.4, 0.5) is 5.69 Å². The van der Waals surface area contributed by atoms with Gasteiger partial charge in [0, 0.05) is 16.7 Å². The standard InChI is InChI=1S/C22H26N2O4/c1-13(2)27-18-9-7-14(11-19(18)26-6)20(25)23-15-8-10-17-16(12-15)24-21(28-17)22(3,4)5/h7-13H,1-6H3,(H,23,25). The highest BCUT2D eigenvalue weighted by Gasteiger charge is 2.21. The van der Waals surface area contributed by atoms with Crippen LogP contribution in [-0.4, -0.2) is 24.1 Å².